The smallest absolute Gasteiger partial charge is 0.346 e. The number of esters is 2. The summed E-state index contributed by atoms with van der Waals surface area (Å²) < 4.78 is 9.31. The van der Waals surface area contributed by atoms with Gasteiger partial charge in [0.15, 0.2) is 6.10 Å². The van der Waals surface area contributed by atoms with Crippen molar-refractivity contribution in [3.8, 4) is 0 Å². The number of hydrogen-bond acceptors (Lipinski definition) is 4. The van der Waals surface area contributed by atoms with E-state index < -0.39 is 12.1 Å². The van der Waals surface area contributed by atoms with Gasteiger partial charge in [-0.25, -0.2) is 4.79 Å². The van der Waals surface area contributed by atoms with Crippen LogP contribution < -0.4 is 0 Å². The summed E-state index contributed by atoms with van der Waals surface area (Å²) in [6.45, 7) is 3.62. The van der Waals surface area contributed by atoms with Gasteiger partial charge in [0.1, 0.15) is 0 Å². The van der Waals surface area contributed by atoms with Crippen LogP contribution in [-0.2, 0) is 19.1 Å². The second-order valence-corrected chi connectivity index (χ2v) is 3.47. The Bertz CT molecular complexity index is 201. The molecule has 15 heavy (non-hydrogen) atoms. The first-order valence-electron chi connectivity index (χ1n) is 5.39. The minimum absolute atomic E-state index is 0.330. The highest BCUT2D eigenvalue weighted by atomic mass is 16.6. The molecule has 0 unspecified atom stereocenters. The van der Waals surface area contributed by atoms with Crippen LogP contribution in [0.4, 0.5) is 0 Å². The summed E-state index contributed by atoms with van der Waals surface area (Å²) in [6, 6.07) is 0. The Balaban J connectivity index is 3.60. The summed E-state index contributed by atoms with van der Waals surface area (Å²) in [5, 5.41) is 0. The molecule has 0 N–H and O–H groups in total. The Labute approximate surface area is 90.9 Å². The predicted octanol–water partition coefficient (Wildman–Crippen LogP) is 2.06. The lowest BCUT2D eigenvalue weighted by Gasteiger charge is -2.10. The zero-order chi connectivity index (χ0) is 11.7. The van der Waals surface area contributed by atoms with Crippen LogP contribution in [0.15, 0.2) is 0 Å². The maximum absolute atomic E-state index is 11.2. The van der Waals surface area contributed by atoms with E-state index in [1.54, 1.807) is 0 Å². The molecule has 0 aromatic carbocycles. The monoisotopic (exact) mass is 216 g/mol. The van der Waals surface area contributed by atoms with Crippen LogP contribution in [-0.4, -0.2) is 25.2 Å². The molecule has 0 aliphatic rings. The van der Waals surface area contributed by atoms with Gasteiger partial charge in [-0.2, -0.15) is 0 Å². The van der Waals surface area contributed by atoms with E-state index in [9.17, 15) is 9.59 Å². The highest BCUT2D eigenvalue weighted by molar-refractivity contribution is 5.78. The van der Waals surface area contributed by atoms with Crippen LogP contribution in [0.5, 0.6) is 0 Å². The third kappa shape index (κ3) is 6.94. The second-order valence-electron chi connectivity index (χ2n) is 3.47. The van der Waals surface area contributed by atoms with Crippen molar-refractivity contribution in [2.75, 3.05) is 7.11 Å². The molecule has 0 aromatic heterocycles. The van der Waals surface area contributed by atoms with Gasteiger partial charge in [0.05, 0.1) is 7.11 Å². The number of rotatable bonds is 7. The summed E-state index contributed by atoms with van der Waals surface area (Å²) in [5.74, 6) is -0.846. The first kappa shape index (κ1) is 13.9. The highest BCUT2D eigenvalue weighted by Crippen LogP contribution is 2.05. The van der Waals surface area contributed by atoms with E-state index in [0.717, 1.165) is 25.7 Å². The molecule has 0 radical (unpaired) electrons. The SMILES string of the molecule is CCCCCCC(=O)O[C@@H](C)C(=O)OC. The number of ether oxygens (including phenoxy) is 2. The summed E-state index contributed by atoms with van der Waals surface area (Å²) in [7, 11) is 1.27. The summed E-state index contributed by atoms with van der Waals surface area (Å²) in [6.07, 6.45) is 3.68. The third-order valence-electron chi connectivity index (χ3n) is 2.08. The summed E-state index contributed by atoms with van der Waals surface area (Å²) in [5.41, 5.74) is 0. The van der Waals surface area contributed by atoms with Crippen molar-refractivity contribution in [3.63, 3.8) is 0 Å². The fourth-order valence-corrected chi connectivity index (χ4v) is 1.17. The molecule has 4 heteroatoms. The van der Waals surface area contributed by atoms with Gasteiger partial charge in [0.2, 0.25) is 0 Å². The molecule has 0 heterocycles. The van der Waals surface area contributed by atoms with Crippen LogP contribution in [0.3, 0.4) is 0 Å². The minimum Gasteiger partial charge on any atom is -0.466 e. The van der Waals surface area contributed by atoms with Crippen LogP contribution in [0.1, 0.15) is 46.0 Å². The zero-order valence-electron chi connectivity index (χ0n) is 9.75. The van der Waals surface area contributed by atoms with Crippen molar-refractivity contribution in [2.24, 2.45) is 0 Å². The van der Waals surface area contributed by atoms with E-state index in [0.29, 0.717) is 6.42 Å². The van der Waals surface area contributed by atoms with Crippen LogP contribution in [0.25, 0.3) is 0 Å². The maximum atomic E-state index is 11.2. The van der Waals surface area contributed by atoms with E-state index in [-0.39, 0.29) is 5.97 Å². The Morgan fingerprint density at radius 1 is 1.20 bits per heavy atom. The molecule has 0 aromatic rings. The van der Waals surface area contributed by atoms with E-state index in [2.05, 4.69) is 11.7 Å². The molecule has 0 saturated carbocycles. The van der Waals surface area contributed by atoms with Crippen molar-refractivity contribution in [2.45, 2.75) is 52.1 Å². The topological polar surface area (TPSA) is 52.6 Å². The molecule has 0 rings (SSSR count). The van der Waals surface area contributed by atoms with Crippen LogP contribution >= 0.6 is 0 Å². The van der Waals surface area contributed by atoms with E-state index >= 15 is 0 Å². The van der Waals surface area contributed by atoms with Gasteiger partial charge >= 0.3 is 11.9 Å². The van der Waals surface area contributed by atoms with Crippen LogP contribution in [0, 0.1) is 0 Å². The molecule has 0 amide bonds. The second kappa shape index (κ2) is 8.26. The predicted molar refractivity (Wildman–Crippen MR) is 56.3 cm³/mol. The maximum Gasteiger partial charge on any atom is 0.346 e. The molecular weight excluding hydrogens is 196 g/mol. The molecule has 88 valence electrons. The average molecular weight is 216 g/mol. The lowest BCUT2D eigenvalue weighted by Crippen LogP contribution is -2.25. The molecule has 0 spiro atoms. The number of unbranched alkanes of at least 4 members (excludes halogenated alkanes) is 3. The normalized spacial score (nSPS) is 11.9. The average Bonchev–Trinajstić information content (AvgIpc) is 2.23. The fraction of sp³-hybridized carbons (Fsp3) is 0.818. The van der Waals surface area contributed by atoms with Gasteiger partial charge in [0, 0.05) is 6.42 Å². The standard InChI is InChI=1S/C11H20O4/c1-4-5-6-7-8-10(12)15-9(2)11(13)14-3/h9H,4-8H2,1-3H3/t9-/m0/s1. The van der Waals surface area contributed by atoms with Gasteiger partial charge in [-0.05, 0) is 13.3 Å². The molecule has 0 aliphatic heterocycles. The zero-order valence-corrected chi connectivity index (χ0v) is 9.75. The fourth-order valence-electron chi connectivity index (χ4n) is 1.17. The first-order valence-corrected chi connectivity index (χ1v) is 5.39. The van der Waals surface area contributed by atoms with Gasteiger partial charge in [0.25, 0.3) is 0 Å². The highest BCUT2D eigenvalue weighted by Gasteiger charge is 2.17. The number of carbonyl (C=O) groups is 2. The van der Waals surface area contributed by atoms with Gasteiger partial charge in [-0.3, -0.25) is 4.79 Å². The van der Waals surface area contributed by atoms with E-state index in [1.165, 1.54) is 14.0 Å². The molecule has 4 nitrogen and oxygen atoms in total. The molecule has 0 fully saturated rings. The quantitative estimate of drug-likeness (QED) is 0.483. The summed E-state index contributed by atoms with van der Waals surface area (Å²) >= 11 is 0. The Morgan fingerprint density at radius 3 is 2.40 bits per heavy atom. The van der Waals surface area contributed by atoms with Gasteiger partial charge in [-0.1, -0.05) is 26.2 Å². The van der Waals surface area contributed by atoms with Crippen molar-refractivity contribution in [3.05, 3.63) is 0 Å². The Morgan fingerprint density at radius 2 is 1.87 bits per heavy atom. The van der Waals surface area contributed by atoms with Crippen molar-refractivity contribution >= 4 is 11.9 Å². The number of hydrogen-bond donors (Lipinski definition) is 0. The van der Waals surface area contributed by atoms with Gasteiger partial charge in [-0.15, -0.1) is 0 Å². The minimum atomic E-state index is -0.798. The lowest BCUT2D eigenvalue weighted by atomic mass is 10.1. The van der Waals surface area contributed by atoms with Crippen molar-refractivity contribution in [1.29, 1.82) is 0 Å². The Hall–Kier alpha value is -1.06. The van der Waals surface area contributed by atoms with E-state index in [1.807, 2.05) is 0 Å². The lowest BCUT2D eigenvalue weighted by molar-refractivity contribution is -0.164. The molecule has 0 bridgehead atoms. The van der Waals surface area contributed by atoms with E-state index in [4.69, 9.17) is 4.74 Å². The van der Waals surface area contributed by atoms with Gasteiger partial charge < -0.3 is 9.47 Å². The van der Waals surface area contributed by atoms with Crippen molar-refractivity contribution in [1.82, 2.24) is 0 Å². The molecular formula is C11H20O4. The molecule has 0 aliphatic carbocycles. The number of carbonyl (C=O) groups excluding carboxylic acids is 2. The molecule has 1 atom stereocenters. The summed E-state index contributed by atoms with van der Waals surface area (Å²) in [4.78, 5) is 22.1. The largest absolute Gasteiger partial charge is 0.466 e. The number of methoxy groups -OCH3 is 1. The third-order valence-corrected chi connectivity index (χ3v) is 2.08. The Kier molecular flexibility index (Phi) is 7.68. The van der Waals surface area contributed by atoms with Crippen LogP contribution in [0.2, 0.25) is 0 Å². The first-order chi connectivity index (χ1) is 7.11. The van der Waals surface area contributed by atoms with Crippen molar-refractivity contribution < 1.29 is 19.1 Å². The molecule has 0 saturated heterocycles.